The molecule has 2 nitrogen and oxygen atoms in total. The standard InChI is InChI=1S/C24H24N2/c1-3-7-17(8-4-1)21-15-13-19-11-12-20-14-16-22(18-9-5-2-6-10-18)26-24(20)23(19)25-21/h1-12,21-22,25-26H,13-16H2/t21-,22-/m0/s1. The van der Waals surface area contributed by atoms with E-state index in [4.69, 9.17) is 0 Å². The molecule has 0 amide bonds. The zero-order chi connectivity index (χ0) is 17.3. The van der Waals surface area contributed by atoms with E-state index in [1.54, 1.807) is 0 Å². The first-order valence-electron chi connectivity index (χ1n) is 9.66. The Morgan fingerprint density at radius 3 is 1.38 bits per heavy atom. The smallest absolute Gasteiger partial charge is 0.0616 e. The monoisotopic (exact) mass is 340 g/mol. The van der Waals surface area contributed by atoms with Crippen LogP contribution in [0.5, 0.6) is 0 Å². The summed E-state index contributed by atoms with van der Waals surface area (Å²) in [5, 5.41) is 7.70. The maximum Gasteiger partial charge on any atom is 0.0616 e. The van der Waals surface area contributed by atoms with Gasteiger partial charge in [-0.3, -0.25) is 0 Å². The summed E-state index contributed by atoms with van der Waals surface area (Å²) < 4.78 is 0. The zero-order valence-electron chi connectivity index (χ0n) is 14.9. The largest absolute Gasteiger partial charge is 0.376 e. The van der Waals surface area contributed by atoms with Gasteiger partial charge >= 0.3 is 0 Å². The van der Waals surface area contributed by atoms with Gasteiger partial charge in [0.25, 0.3) is 0 Å². The number of rotatable bonds is 2. The summed E-state index contributed by atoms with van der Waals surface area (Å²) in [6.45, 7) is 0. The molecule has 130 valence electrons. The molecule has 0 bridgehead atoms. The Morgan fingerprint density at radius 2 is 0.962 bits per heavy atom. The molecule has 2 heteroatoms. The van der Waals surface area contributed by atoms with E-state index in [1.807, 2.05) is 0 Å². The minimum Gasteiger partial charge on any atom is -0.376 e. The molecule has 0 saturated heterocycles. The molecule has 2 atom stereocenters. The van der Waals surface area contributed by atoms with Gasteiger partial charge in [-0.25, -0.2) is 0 Å². The number of anilines is 2. The van der Waals surface area contributed by atoms with Crippen molar-refractivity contribution in [3.8, 4) is 0 Å². The molecule has 2 heterocycles. The van der Waals surface area contributed by atoms with E-state index in [0.717, 1.165) is 25.7 Å². The van der Waals surface area contributed by atoms with Gasteiger partial charge in [-0.2, -0.15) is 0 Å². The van der Waals surface area contributed by atoms with Crippen LogP contribution in [0.1, 0.15) is 47.2 Å². The molecular formula is C24H24N2. The maximum atomic E-state index is 3.85. The molecule has 0 radical (unpaired) electrons. The van der Waals surface area contributed by atoms with Crippen molar-refractivity contribution in [2.45, 2.75) is 37.8 Å². The third kappa shape index (κ3) is 2.76. The van der Waals surface area contributed by atoms with E-state index >= 15 is 0 Å². The van der Waals surface area contributed by atoms with Gasteiger partial charge in [-0.1, -0.05) is 72.8 Å². The second-order valence-electron chi connectivity index (χ2n) is 7.43. The Bertz CT molecular complexity index is 826. The van der Waals surface area contributed by atoms with Gasteiger partial charge in [0, 0.05) is 0 Å². The van der Waals surface area contributed by atoms with Crippen LogP contribution in [0.15, 0.2) is 72.8 Å². The van der Waals surface area contributed by atoms with E-state index in [-0.39, 0.29) is 0 Å². The quantitative estimate of drug-likeness (QED) is 0.608. The Balaban J connectivity index is 1.49. The summed E-state index contributed by atoms with van der Waals surface area (Å²) in [6, 6.07) is 27.1. The number of nitrogens with one attached hydrogen (secondary N) is 2. The van der Waals surface area contributed by atoms with Gasteiger partial charge < -0.3 is 10.6 Å². The number of fused-ring (bicyclic) bond motifs is 3. The number of benzene rings is 3. The Morgan fingerprint density at radius 1 is 0.538 bits per heavy atom. The molecule has 3 aromatic rings. The van der Waals surface area contributed by atoms with Crippen molar-refractivity contribution in [3.63, 3.8) is 0 Å². The predicted octanol–water partition coefficient (Wildman–Crippen LogP) is 5.89. The fraction of sp³-hybridized carbons (Fsp3) is 0.250. The third-order valence-corrected chi connectivity index (χ3v) is 5.82. The van der Waals surface area contributed by atoms with Crippen molar-refractivity contribution in [2.24, 2.45) is 0 Å². The van der Waals surface area contributed by atoms with Crippen LogP contribution in [0.3, 0.4) is 0 Å². The molecule has 0 fully saturated rings. The fourth-order valence-corrected chi connectivity index (χ4v) is 4.40. The number of hydrogen-bond acceptors (Lipinski definition) is 2. The summed E-state index contributed by atoms with van der Waals surface area (Å²) in [5.41, 5.74) is 8.29. The van der Waals surface area contributed by atoms with Gasteiger partial charge in [0.05, 0.1) is 23.5 Å². The van der Waals surface area contributed by atoms with Crippen molar-refractivity contribution >= 4 is 11.4 Å². The molecule has 2 N–H and O–H groups in total. The molecule has 0 aliphatic carbocycles. The Kier molecular flexibility index (Phi) is 3.89. The molecule has 2 aliphatic rings. The second kappa shape index (κ2) is 6.53. The normalized spacial score (nSPS) is 21.1. The summed E-state index contributed by atoms with van der Waals surface area (Å²) in [7, 11) is 0. The van der Waals surface area contributed by atoms with Crippen molar-refractivity contribution in [1.82, 2.24) is 0 Å². The lowest BCUT2D eigenvalue weighted by atomic mass is 9.87. The molecule has 26 heavy (non-hydrogen) atoms. The first-order valence-corrected chi connectivity index (χ1v) is 9.66. The molecule has 0 unspecified atom stereocenters. The SMILES string of the molecule is c1ccc([C@@H]2CCc3ccc4c(c3N2)N[C@H](c2ccccc2)CC4)cc1. The summed E-state index contributed by atoms with van der Waals surface area (Å²) >= 11 is 0. The summed E-state index contributed by atoms with van der Waals surface area (Å²) in [6.07, 6.45) is 4.57. The van der Waals surface area contributed by atoms with Crippen LogP contribution in [0.4, 0.5) is 11.4 Å². The van der Waals surface area contributed by atoms with Crippen molar-refractivity contribution < 1.29 is 0 Å². The number of hydrogen-bond donors (Lipinski definition) is 2. The highest BCUT2D eigenvalue weighted by molar-refractivity contribution is 5.78. The van der Waals surface area contributed by atoms with Gasteiger partial charge in [0.1, 0.15) is 0 Å². The van der Waals surface area contributed by atoms with Gasteiger partial charge in [0.15, 0.2) is 0 Å². The highest BCUT2D eigenvalue weighted by Crippen LogP contribution is 2.43. The van der Waals surface area contributed by atoms with Gasteiger partial charge in [-0.05, 0) is 47.9 Å². The number of aryl methyl sites for hydroxylation is 2. The molecule has 3 aromatic carbocycles. The fourth-order valence-electron chi connectivity index (χ4n) is 4.40. The van der Waals surface area contributed by atoms with E-state index in [0.29, 0.717) is 12.1 Å². The molecule has 2 aliphatic heterocycles. The minimum absolute atomic E-state index is 0.397. The lowest BCUT2D eigenvalue weighted by Crippen LogP contribution is -2.24. The average Bonchev–Trinajstić information content (AvgIpc) is 2.74. The van der Waals surface area contributed by atoms with Crippen LogP contribution in [-0.2, 0) is 12.8 Å². The van der Waals surface area contributed by atoms with Crippen LogP contribution in [-0.4, -0.2) is 0 Å². The van der Waals surface area contributed by atoms with Crippen molar-refractivity contribution in [2.75, 3.05) is 10.6 Å². The minimum atomic E-state index is 0.397. The highest BCUT2D eigenvalue weighted by Gasteiger charge is 2.27. The lowest BCUT2D eigenvalue weighted by Gasteiger charge is -2.35. The van der Waals surface area contributed by atoms with Gasteiger partial charge in [-0.15, -0.1) is 0 Å². The molecule has 0 aromatic heterocycles. The first kappa shape index (κ1) is 15.5. The lowest BCUT2D eigenvalue weighted by molar-refractivity contribution is 0.649. The molecule has 5 rings (SSSR count). The first-order chi connectivity index (χ1) is 12.9. The van der Waals surface area contributed by atoms with Crippen LogP contribution in [0.25, 0.3) is 0 Å². The summed E-state index contributed by atoms with van der Waals surface area (Å²) in [5.74, 6) is 0. The third-order valence-electron chi connectivity index (χ3n) is 5.82. The maximum absolute atomic E-state index is 3.85. The van der Waals surface area contributed by atoms with Crippen LogP contribution in [0, 0.1) is 0 Å². The van der Waals surface area contributed by atoms with Crippen molar-refractivity contribution in [1.29, 1.82) is 0 Å². The van der Waals surface area contributed by atoms with Crippen molar-refractivity contribution in [3.05, 3.63) is 95.1 Å². The van der Waals surface area contributed by atoms with E-state index < -0.39 is 0 Å². The highest BCUT2D eigenvalue weighted by atomic mass is 15.0. The molecule has 0 saturated carbocycles. The van der Waals surface area contributed by atoms with Gasteiger partial charge in [0.2, 0.25) is 0 Å². The topological polar surface area (TPSA) is 24.1 Å². The predicted molar refractivity (Wildman–Crippen MR) is 109 cm³/mol. The second-order valence-corrected chi connectivity index (χ2v) is 7.43. The average molecular weight is 340 g/mol. The Hall–Kier alpha value is -2.74. The molecule has 0 spiro atoms. The van der Waals surface area contributed by atoms with E-state index in [2.05, 4.69) is 83.4 Å². The van der Waals surface area contributed by atoms with Crippen LogP contribution in [0.2, 0.25) is 0 Å². The summed E-state index contributed by atoms with van der Waals surface area (Å²) in [4.78, 5) is 0. The van der Waals surface area contributed by atoms with E-state index in [1.165, 1.54) is 33.6 Å². The van der Waals surface area contributed by atoms with Crippen LogP contribution < -0.4 is 10.6 Å². The zero-order valence-corrected chi connectivity index (χ0v) is 14.9. The Labute approximate surface area is 155 Å². The molecular weight excluding hydrogens is 316 g/mol. The van der Waals surface area contributed by atoms with Crippen LogP contribution >= 0.6 is 0 Å². The van der Waals surface area contributed by atoms with E-state index in [9.17, 15) is 0 Å².